The Morgan fingerprint density at radius 1 is 0.786 bits per heavy atom. The highest BCUT2D eigenvalue weighted by molar-refractivity contribution is 5.86. The van der Waals surface area contributed by atoms with Crippen LogP contribution in [-0.2, 0) is 20.9 Å². The van der Waals surface area contributed by atoms with Crippen molar-refractivity contribution in [3.63, 3.8) is 0 Å². The van der Waals surface area contributed by atoms with E-state index in [0.29, 0.717) is 13.1 Å². The van der Waals surface area contributed by atoms with Gasteiger partial charge in [0.1, 0.15) is 17.7 Å². The zero-order chi connectivity index (χ0) is 39.6. The molecule has 56 heavy (non-hydrogen) atoms. The van der Waals surface area contributed by atoms with Gasteiger partial charge in [0, 0.05) is 30.8 Å². The van der Waals surface area contributed by atoms with Crippen LogP contribution in [0.25, 0.3) is 33.6 Å². The van der Waals surface area contributed by atoms with Gasteiger partial charge in [-0.1, -0.05) is 89.1 Å². The number of H-pyrrole nitrogens is 2. The molecule has 4 N–H and O–H groups in total. The number of nitrogens with one attached hydrogen (secondary N) is 4. The number of nitrogens with zero attached hydrogens (tertiary/aromatic N) is 5. The molecule has 0 spiro atoms. The SMILES string of the molecule is CC.COC(=O)NC(C(=O)N1CCCC1c1ncc(-c2ccc(-c3ccc(-c4cnc([C@@H]5CCCCC5C(=O)NCc5cnccn5)[nH]4)cc3)cc2)[nH]1)C(C)C. The molecule has 4 atom stereocenters. The highest BCUT2D eigenvalue weighted by Gasteiger charge is 2.38. The lowest BCUT2D eigenvalue weighted by molar-refractivity contribution is -0.135. The molecule has 5 aromatic rings. The third-order valence-electron chi connectivity index (χ3n) is 10.7. The van der Waals surface area contributed by atoms with E-state index in [1.807, 2.05) is 45.0 Å². The van der Waals surface area contributed by atoms with E-state index in [2.05, 4.69) is 84.1 Å². The van der Waals surface area contributed by atoms with Gasteiger partial charge in [0.05, 0.1) is 55.4 Å². The average Bonchev–Trinajstić information content (AvgIpc) is 4.05. The van der Waals surface area contributed by atoms with Crippen molar-refractivity contribution in [2.75, 3.05) is 13.7 Å². The first kappa shape index (κ1) is 39.8. The smallest absolute Gasteiger partial charge is 0.407 e. The molecule has 1 aliphatic heterocycles. The van der Waals surface area contributed by atoms with Crippen molar-refractivity contribution in [1.82, 2.24) is 45.4 Å². The normalized spacial score (nSPS) is 18.5. The van der Waals surface area contributed by atoms with Crippen LogP contribution in [0.5, 0.6) is 0 Å². The van der Waals surface area contributed by atoms with Crippen molar-refractivity contribution in [2.24, 2.45) is 11.8 Å². The summed E-state index contributed by atoms with van der Waals surface area (Å²) in [5, 5.41) is 5.76. The standard InChI is InChI=1S/C41H47N9O4.C2H6/c1-25(2)36(49-41(53)54-3)40(52)50-20-6-9-35(50)38-45-24-34(48-38)29-16-12-27(13-17-29)26-10-14-28(15-11-26)33-23-44-37(47-33)31-7-4-5-8-32(31)39(51)46-22-30-21-42-18-19-43-30;1-2/h10-19,21,23-25,31-32,35-36H,4-9,20,22H2,1-3H3,(H,44,47)(H,45,48)(H,46,51)(H,49,53);1-2H3/t31-,32?,35?,36?;/m1./s1. The predicted octanol–water partition coefficient (Wildman–Crippen LogP) is 7.58. The number of likely N-dealkylation sites (tertiary alicyclic amines) is 1. The molecule has 3 amide bonds. The molecule has 4 heterocycles. The molecule has 294 valence electrons. The third-order valence-corrected chi connectivity index (χ3v) is 10.7. The minimum Gasteiger partial charge on any atom is -0.453 e. The van der Waals surface area contributed by atoms with Gasteiger partial charge in [-0.05, 0) is 53.9 Å². The van der Waals surface area contributed by atoms with Crippen LogP contribution in [0.15, 0.2) is 79.5 Å². The van der Waals surface area contributed by atoms with E-state index < -0.39 is 12.1 Å². The molecule has 1 saturated carbocycles. The van der Waals surface area contributed by atoms with Crippen molar-refractivity contribution < 1.29 is 19.1 Å². The summed E-state index contributed by atoms with van der Waals surface area (Å²) in [5.74, 6) is 1.28. The van der Waals surface area contributed by atoms with E-state index >= 15 is 0 Å². The molecule has 7 rings (SSSR count). The van der Waals surface area contributed by atoms with E-state index in [1.165, 1.54) is 7.11 Å². The van der Waals surface area contributed by atoms with Crippen LogP contribution in [-0.4, -0.2) is 72.4 Å². The molecular formula is C43H53N9O4. The summed E-state index contributed by atoms with van der Waals surface area (Å²) >= 11 is 0. The van der Waals surface area contributed by atoms with Gasteiger partial charge in [-0.3, -0.25) is 19.6 Å². The van der Waals surface area contributed by atoms with E-state index in [0.717, 1.165) is 89.5 Å². The maximum atomic E-state index is 13.5. The van der Waals surface area contributed by atoms with Crippen LogP contribution in [0, 0.1) is 11.8 Å². The van der Waals surface area contributed by atoms with Gasteiger partial charge in [0.25, 0.3) is 0 Å². The minimum absolute atomic E-state index is 0.0326. The summed E-state index contributed by atoms with van der Waals surface area (Å²) in [4.78, 5) is 65.3. The predicted molar refractivity (Wildman–Crippen MR) is 215 cm³/mol. The van der Waals surface area contributed by atoms with Crippen LogP contribution < -0.4 is 10.6 Å². The molecule has 2 aromatic carbocycles. The molecule has 3 unspecified atom stereocenters. The number of ether oxygens (including phenoxy) is 1. The summed E-state index contributed by atoms with van der Waals surface area (Å²) in [6, 6.07) is 15.8. The van der Waals surface area contributed by atoms with Crippen LogP contribution in [0.1, 0.15) is 95.5 Å². The number of carbonyl (C=O) groups excluding carboxylic acids is 3. The summed E-state index contributed by atoms with van der Waals surface area (Å²) in [6.45, 7) is 8.78. The van der Waals surface area contributed by atoms with Crippen molar-refractivity contribution in [2.45, 2.75) is 90.8 Å². The number of alkyl carbamates (subject to hydrolysis) is 1. The van der Waals surface area contributed by atoms with Crippen molar-refractivity contribution in [3.05, 3.63) is 96.9 Å². The monoisotopic (exact) mass is 759 g/mol. The quantitative estimate of drug-likeness (QED) is 0.107. The third kappa shape index (κ3) is 9.15. The minimum atomic E-state index is -0.678. The Hall–Kier alpha value is -5.85. The molecule has 2 fully saturated rings. The first-order chi connectivity index (χ1) is 27.3. The van der Waals surface area contributed by atoms with E-state index in [1.54, 1.807) is 18.6 Å². The molecular weight excluding hydrogens is 707 g/mol. The van der Waals surface area contributed by atoms with Gasteiger partial charge < -0.3 is 30.2 Å². The highest BCUT2D eigenvalue weighted by atomic mass is 16.5. The lowest BCUT2D eigenvalue weighted by Crippen LogP contribution is -2.51. The number of imidazole rings is 2. The lowest BCUT2D eigenvalue weighted by atomic mass is 9.78. The zero-order valence-corrected chi connectivity index (χ0v) is 32.9. The Balaban J connectivity index is 0.00000262. The second kappa shape index (κ2) is 18.7. The first-order valence-corrected chi connectivity index (χ1v) is 19.8. The number of rotatable bonds is 11. The maximum absolute atomic E-state index is 13.5. The van der Waals surface area contributed by atoms with E-state index in [4.69, 9.17) is 9.72 Å². The van der Waals surface area contributed by atoms with Crippen molar-refractivity contribution in [1.29, 1.82) is 0 Å². The molecule has 0 bridgehead atoms. The molecule has 13 nitrogen and oxygen atoms in total. The van der Waals surface area contributed by atoms with Crippen LogP contribution >= 0.6 is 0 Å². The van der Waals surface area contributed by atoms with Gasteiger partial charge in [-0.15, -0.1) is 0 Å². The van der Waals surface area contributed by atoms with Crippen LogP contribution in [0.3, 0.4) is 0 Å². The molecule has 1 saturated heterocycles. The Morgan fingerprint density at radius 3 is 2.00 bits per heavy atom. The molecule has 1 aliphatic carbocycles. The number of aromatic nitrogens is 6. The zero-order valence-electron chi connectivity index (χ0n) is 32.9. The largest absolute Gasteiger partial charge is 0.453 e. The Bertz CT molecular complexity index is 2040. The van der Waals surface area contributed by atoms with Crippen LogP contribution in [0.4, 0.5) is 4.79 Å². The molecule has 13 heteroatoms. The highest BCUT2D eigenvalue weighted by Crippen LogP contribution is 2.38. The van der Waals surface area contributed by atoms with Gasteiger partial charge >= 0.3 is 6.09 Å². The molecule has 2 aliphatic rings. The number of carbonyl (C=O) groups is 3. The van der Waals surface area contributed by atoms with Crippen LogP contribution in [0.2, 0.25) is 0 Å². The van der Waals surface area contributed by atoms with Gasteiger partial charge in [-0.25, -0.2) is 14.8 Å². The lowest BCUT2D eigenvalue weighted by Gasteiger charge is -2.30. The number of hydrogen-bond donors (Lipinski definition) is 4. The first-order valence-electron chi connectivity index (χ1n) is 19.8. The number of methoxy groups -OCH3 is 1. The number of amides is 3. The Kier molecular flexibility index (Phi) is 13.3. The van der Waals surface area contributed by atoms with Crippen molar-refractivity contribution in [3.8, 4) is 33.6 Å². The fourth-order valence-corrected chi connectivity index (χ4v) is 7.70. The number of aromatic amines is 2. The molecule has 3 aromatic heterocycles. The van der Waals surface area contributed by atoms with E-state index in [-0.39, 0.29) is 35.6 Å². The molecule has 0 radical (unpaired) electrons. The second-order valence-corrected chi connectivity index (χ2v) is 14.5. The summed E-state index contributed by atoms with van der Waals surface area (Å²) in [6.07, 6.45) is 13.5. The number of hydrogen-bond acceptors (Lipinski definition) is 8. The number of benzene rings is 2. The fourth-order valence-electron chi connectivity index (χ4n) is 7.70. The maximum Gasteiger partial charge on any atom is 0.407 e. The average molecular weight is 760 g/mol. The van der Waals surface area contributed by atoms with E-state index in [9.17, 15) is 14.4 Å². The van der Waals surface area contributed by atoms with Gasteiger partial charge in [0.2, 0.25) is 11.8 Å². The topological polar surface area (TPSA) is 171 Å². The second-order valence-electron chi connectivity index (χ2n) is 14.5. The Morgan fingerprint density at radius 2 is 1.39 bits per heavy atom. The summed E-state index contributed by atoms with van der Waals surface area (Å²) < 4.78 is 4.76. The van der Waals surface area contributed by atoms with Gasteiger partial charge in [-0.2, -0.15) is 0 Å². The Labute approximate surface area is 328 Å². The summed E-state index contributed by atoms with van der Waals surface area (Å²) in [5.41, 5.74) is 6.72. The fraction of sp³-hybridized carbons (Fsp3) is 0.419. The summed E-state index contributed by atoms with van der Waals surface area (Å²) in [7, 11) is 1.29. The van der Waals surface area contributed by atoms with Crippen molar-refractivity contribution >= 4 is 17.9 Å². The van der Waals surface area contributed by atoms with Gasteiger partial charge in [0.15, 0.2) is 0 Å².